The number of benzene rings is 2. The zero-order chi connectivity index (χ0) is 26.9. The normalized spacial score (nSPS) is 23.5. The van der Waals surface area contributed by atoms with Crippen LogP contribution in [0.25, 0.3) is 0 Å². The average molecular weight is 520 g/mol. The van der Waals surface area contributed by atoms with Gasteiger partial charge in [-0.2, -0.15) is 0 Å². The highest BCUT2D eigenvalue weighted by Gasteiger charge is 2.54. The second kappa shape index (κ2) is 11.0. The molecule has 0 aromatic heterocycles. The molecule has 3 fully saturated rings. The summed E-state index contributed by atoms with van der Waals surface area (Å²) in [4.78, 5) is 31.6. The summed E-state index contributed by atoms with van der Waals surface area (Å²) >= 11 is 0. The van der Waals surface area contributed by atoms with E-state index in [0.29, 0.717) is 25.6 Å². The molecular weight excluding hydrogens is 478 g/mol. The third-order valence-corrected chi connectivity index (χ3v) is 9.25. The predicted octanol–water partition coefficient (Wildman–Crippen LogP) is 5.17. The van der Waals surface area contributed by atoms with E-state index in [1.54, 1.807) is 7.11 Å². The summed E-state index contributed by atoms with van der Waals surface area (Å²) in [6.07, 6.45) is 3.82. The van der Waals surface area contributed by atoms with Gasteiger partial charge in [0.2, 0.25) is 5.91 Å². The molecule has 38 heavy (non-hydrogen) atoms. The molecule has 1 spiro atoms. The maximum atomic E-state index is 14.0. The molecule has 1 aliphatic carbocycles. The van der Waals surface area contributed by atoms with Crippen molar-refractivity contribution in [3.63, 3.8) is 0 Å². The molecule has 3 aliphatic rings. The lowest BCUT2D eigenvalue weighted by molar-refractivity contribution is -0.159. The first-order chi connectivity index (χ1) is 18.3. The van der Waals surface area contributed by atoms with Crippen molar-refractivity contribution in [2.75, 3.05) is 39.8 Å². The summed E-state index contributed by atoms with van der Waals surface area (Å²) in [5.41, 5.74) is 3.84. The lowest BCUT2D eigenvalue weighted by Crippen LogP contribution is -2.65. The number of carbonyl (C=O) groups excluding carboxylic acids is 1. The number of amides is 2. The summed E-state index contributed by atoms with van der Waals surface area (Å²) in [5, 5.41) is 9.47. The van der Waals surface area contributed by atoms with Crippen LogP contribution in [0.4, 0.5) is 4.79 Å². The molecule has 0 radical (unpaired) electrons. The molecule has 7 heteroatoms. The topological polar surface area (TPSA) is 73.3 Å². The standard InChI is InChI=1S/C31H41N3O4/c1-22(2)25-6-4-5-7-26(25)27-20-32(17-13-23-8-10-24(38-3)11-9-23)21-29(35)34(27)28-12-14-31(28)15-18-33(19-16-31)30(36)37/h4-11,22,27-28H,12-21H2,1-3H3,(H,36,37). The van der Waals surface area contributed by atoms with Crippen LogP contribution in [0, 0.1) is 5.41 Å². The van der Waals surface area contributed by atoms with Crippen LogP contribution < -0.4 is 4.74 Å². The zero-order valence-electron chi connectivity index (χ0n) is 22.9. The first-order valence-electron chi connectivity index (χ1n) is 14.0. The summed E-state index contributed by atoms with van der Waals surface area (Å²) in [5.74, 6) is 1.43. The van der Waals surface area contributed by atoms with Gasteiger partial charge in [0.25, 0.3) is 0 Å². The molecule has 2 saturated heterocycles. The highest BCUT2D eigenvalue weighted by molar-refractivity contribution is 5.80. The monoisotopic (exact) mass is 519 g/mol. The maximum Gasteiger partial charge on any atom is 0.407 e. The third-order valence-electron chi connectivity index (χ3n) is 9.25. The Balaban J connectivity index is 1.39. The van der Waals surface area contributed by atoms with E-state index in [4.69, 9.17) is 4.74 Å². The van der Waals surface area contributed by atoms with Gasteiger partial charge in [-0.1, -0.05) is 50.2 Å². The lowest BCUT2D eigenvalue weighted by Gasteiger charge is -2.60. The largest absolute Gasteiger partial charge is 0.497 e. The first kappa shape index (κ1) is 26.5. The van der Waals surface area contributed by atoms with Gasteiger partial charge < -0.3 is 19.6 Å². The van der Waals surface area contributed by atoms with E-state index >= 15 is 0 Å². The van der Waals surface area contributed by atoms with Crippen LogP contribution in [0.3, 0.4) is 0 Å². The molecule has 2 unspecified atom stereocenters. The summed E-state index contributed by atoms with van der Waals surface area (Å²) in [7, 11) is 1.68. The molecule has 2 aliphatic heterocycles. The third kappa shape index (κ3) is 5.13. The van der Waals surface area contributed by atoms with Crippen LogP contribution in [-0.4, -0.2) is 77.7 Å². The smallest absolute Gasteiger partial charge is 0.407 e. The highest BCUT2D eigenvalue weighted by atomic mass is 16.5. The second-order valence-electron chi connectivity index (χ2n) is 11.6. The number of ether oxygens (including phenoxy) is 1. The van der Waals surface area contributed by atoms with E-state index in [1.165, 1.54) is 21.6 Å². The Bertz CT molecular complexity index is 1140. The zero-order valence-corrected chi connectivity index (χ0v) is 22.9. The van der Waals surface area contributed by atoms with E-state index in [9.17, 15) is 14.7 Å². The van der Waals surface area contributed by atoms with Crippen molar-refractivity contribution in [2.45, 2.75) is 64.0 Å². The molecule has 204 valence electrons. The molecular formula is C31H41N3O4. The van der Waals surface area contributed by atoms with Crippen molar-refractivity contribution >= 4 is 12.0 Å². The Morgan fingerprint density at radius 1 is 1.08 bits per heavy atom. The highest BCUT2D eigenvalue weighted by Crippen LogP contribution is 2.54. The SMILES string of the molecule is COc1ccc(CCN2CC(=O)N(C3CCC34CCN(C(=O)O)CC4)C(c3ccccc3C(C)C)C2)cc1. The number of carboxylic acid groups (broad SMARTS) is 1. The van der Waals surface area contributed by atoms with E-state index in [0.717, 1.165) is 50.9 Å². The minimum absolute atomic E-state index is 0.00500. The van der Waals surface area contributed by atoms with Gasteiger partial charge in [0, 0.05) is 32.2 Å². The van der Waals surface area contributed by atoms with Crippen LogP contribution in [0.1, 0.15) is 68.2 Å². The van der Waals surface area contributed by atoms with Crippen molar-refractivity contribution in [3.05, 3.63) is 65.2 Å². The van der Waals surface area contributed by atoms with Crippen LogP contribution in [0.2, 0.25) is 0 Å². The molecule has 2 aromatic carbocycles. The van der Waals surface area contributed by atoms with Gasteiger partial charge >= 0.3 is 6.09 Å². The Labute approximate surface area is 226 Å². The fraction of sp³-hybridized carbons (Fsp3) is 0.548. The Hall–Kier alpha value is -3.06. The van der Waals surface area contributed by atoms with Crippen molar-refractivity contribution < 1.29 is 19.4 Å². The number of methoxy groups -OCH3 is 1. The average Bonchev–Trinajstić information content (AvgIpc) is 2.92. The van der Waals surface area contributed by atoms with E-state index in [1.807, 2.05) is 12.1 Å². The molecule has 0 bridgehead atoms. The summed E-state index contributed by atoms with van der Waals surface area (Å²) < 4.78 is 5.29. The van der Waals surface area contributed by atoms with Gasteiger partial charge in [0.05, 0.1) is 19.7 Å². The fourth-order valence-corrected chi connectivity index (χ4v) is 6.92. The fourth-order valence-electron chi connectivity index (χ4n) is 6.92. The number of hydrogen-bond donors (Lipinski definition) is 1. The molecule has 1 saturated carbocycles. The molecule has 2 amide bonds. The second-order valence-corrected chi connectivity index (χ2v) is 11.6. The van der Waals surface area contributed by atoms with Gasteiger partial charge in [0.15, 0.2) is 0 Å². The van der Waals surface area contributed by atoms with Crippen LogP contribution in [-0.2, 0) is 11.2 Å². The molecule has 2 heterocycles. The summed E-state index contributed by atoms with van der Waals surface area (Å²) in [6.45, 7) is 7.66. The number of rotatable bonds is 7. The lowest BCUT2D eigenvalue weighted by atomic mass is 9.58. The van der Waals surface area contributed by atoms with Gasteiger partial charge in [0.1, 0.15) is 5.75 Å². The van der Waals surface area contributed by atoms with Crippen LogP contribution >= 0.6 is 0 Å². The molecule has 2 aromatic rings. The van der Waals surface area contributed by atoms with Crippen LogP contribution in [0.15, 0.2) is 48.5 Å². The van der Waals surface area contributed by atoms with E-state index in [-0.39, 0.29) is 23.4 Å². The molecule has 1 N–H and O–H groups in total. The predicted molar refractivity (Wildman–Crippen MR) is 148 cm³/mol. The Morgan fingerprint density at radius 3 is 2.39 bits per heavy atom. The minimum Gasteiger partial charge on any atom is -0.497 e. The quantitative estimate of drug-likeness (QED) is 0.546. The molecule has 5 rings (SSSR count). The van der Waals surface area contributed by atoms with E-state index in [2.05, 4.69) is 60.0 Å². The number of piperidine rings is 1. The number of piperazine rings is 1. The summed E-state index contributed by atoms with van der Waals surface area (Å²) in [6, 6.07) is 17.0. The maximum absolute atomic E-state index is 14.0. The van der Waals surface area contributed by atoms with Crippen molar-refractivity contribution in [1.82, 2.24) is 14.7 Å². The van der Waals surface area contributed by atoms with Gasteiger partial charge in [-0.05, 0) is 72.3 Å². The number of likely N-dealkylation sites (tertiary alicyclic amines) is 1. The van der Waals surface area contributed by atoms with E-state index < -0.39 is 6.09 Å². The van der Waals surface area contributed by atoms with Crippen molar-refractivity contribution in [1.29, 1.82) is 0 Å². The molecule has 2 atom stereocenters. The Kier molecular flexibility index (Phi) is 7.66. The van der Waals surface area contributed by atoms with Crippen LogP contribution in [0.5, 0.6) is 5.75 Å². The minimum atomic E-state index is -0.832. The molecule has 7 nitrogen and oxygen atoms in total. The van der Waals surface area contributed by atoms with Gasteiger partial charge in [-0.3, -0.25) is 9.69 Å². The number of hydrogen-bond acceptors (Lipinski definition) is 4. The van der Waals surface area contributed by atoms with Gasteiger partial charge in [-0.15, -0.1) is 0 Å². The number of carbonyl (C=O) groups is 2. The van der Waals surface area contributed by atoms with Gasteiger partial charge in [-0.25, -0.2) is 4.79 Å². The van der Waals surface area contributed by atoms with Crippen molar-refractivity contribution in [3.8, 4) is 5.75 Å². The number of nitrogens with zero attached hydrogens (tertiary/aromatic N) is 3. The Morgan fingerprint density at radius 2 is 1.79 bits per heavy atom. The first-order valence-corrected chi connectivity index (χ1v) is 14.0. The van der Waals surface area contributed by atoms with Crippen molar-refractivity contribution in [2.24, 2.45) is 5.41 Å².